The summed E-state index contributed by atoms with van der Waals surface area (Å²) in [4.78, 5) is 27.5. The maximum atomic E-state index is 12.1. The summed E-state index contributed by atoms with van der Waals surface area (Å²) in [7, 11) is 0. The van der Waals surface area contributed by atoms with Gasteiger partial charge in [-0.3, -0.25) is 14.5 Å². The van der Waals surface area contributed by atoms with E-state index in [0.29, 0.717) is 17.8 Å². The summed E-state index contributed by atoms with van der Waals surface area (Å²) in [5, 5.41) is 11.7. The number of nitrogens with one attached hydrogen (secondary N) is 1. The first-order valence-electron chi connectivity index (χ1n) is 7.95. The number of hydrogen-bond donors (Lipinski definition) is 1. The van der Waals surface area contributed by atoms with E-state index >= 15 is 0 Å². The molecule has 1 heterocycles. The first kappa shape index (κ1) is 17.9. The topological polar surface area (TPSA) is 85.7 Å². The van der Waals surface area contributed by atoms with Crippen LogP contribution < -0.4 is 10.2 Å². The Balaban J connectivity index is 1.84. The van der Waals surface area contributed by atoms with Crippen molar-refractivity contribution in [1.29, 1.82) is 5.26 Å². The van der Waals surface area contributed by atoms with Crippen molar-refractivity contribution >= 4 is 17.5 Å². The van der Waals surface area contributed by atoms with E-state index in [4.69, 9.17) is 10.00 Å². The van der Waals surface area contributed by atoms with E-state index in [1.807, 2.05) is 6.07 Å². The average molecular weight is 330 g/mol. The molecule has 1 N–H and O–H groups in total. The lowest BCUT2D eigenvalue weighted by atomic mass is 10.2. The van der Waals surface area contributed by atoms with Crippen LogP contribution in [0, 0.1) is 11.3 Å². The minimum Gasteiger partial charge on any atom is -0.379 e. The van der Waals surface area contributed by atoms with Crippen LogP contribution in [0.4, 0.5) is 5.69 Å². The van der Waals surface area contributed by atoms with Crippen LogP contribution in [0.3, 0.4) is 0 Å². The molecule has 7 heteroatoms. The Morgan fingerprint density at radius 1 is 1.29 bits per heavy atom. The predicted octanol–water partition coefficient (Wildman–Crippen LogP) is 0.360. The molecule has 0 bridgehead atoms. The highest BCUT2D eigenvalue weighted by molar-refractivity contribution is 5.97. The summed E-state index contributed by atoms with van der Waals surface area (Å²) in [5.74, 6) is -0.425. The van der Waals surface area contributed by atoms with Crippen molar-refractivity contribution in [2.75, 3.05) is 50.8 Å². The van der Waals surface area contributed by atoms with Crippen molar-refractivity contribution in [3.05, 3.63) is 29.8 Å². The molecule has 0 saturated carbocycles. The number of amides is 2. The van der Waals surface area contributed by atoms with Gasteiger partial charge in [0.1, 0.15) is 6.54 Å². The number of nitriles is 1. The van der Waals surface area contributed by atoms with Gasteiger partial charge < -0.3 is 15.0 Å². The molecule has 1 fully saturated rings. The van der Waals surface area contributed by atoms with Gasteiger partial charge in [0.2, 0.25) is 11.8 Å². The summed E-state index contributed by atoms with van der Waals surface area (Å²) in [6.07, 6.45) is 0. The number of nitrogens with zero attached hydrogens (tertiary/aromatic N) is 3. The fraction of sp³-hybridized carbons (Fsp3) is 0.471. The molecule has 128 valence electrons. The lowest BCUT2D eigenvalue weighted by molar-refractivity contribution is -0.123. The van der Waals surface area contributed by atoms with Gasteiger partial charge in [-0.25, -0.2) is 0 Å². The van der Waals surface area contributed by atoms with E-state index in [1.54, 1.807) is 24.3 Å². The van der Waals surface area contributed by atoms with Gasteiger partial charge >= 0.3 is 0 Å². The molecule has 0 aliphatic carbocycles. The lowest BCUT2D eigenvalue weighted by Gasteiger charge is -2.26. The van der Waals surface area contributed by atoms with Gasteiger partial charge in [-0.2, -0.15) is 5.26 Å². The second-order valence-electron chi connectivity index (χ2n) is 5.57. The SMILES string of the molecule is CC(=O)N(CC(=O)NCCN1CCOCC1)c1ccc(C#N)cc1. The van der Waals surface area contributed by atoms with Crippen molar-refractivity contribution in [2.24, 2.45) is 0 Å². The number of ether oxygens (including phenoxy) is 1. The maximum Gasteiger partial charge on any atom is 0.240 e. The van der Waals surface area contributed by atoms with E-state index in [2.05, 4.69) is 10.2 Å². The Morgan fingerprint density at radius 3 is 2.54 bits per heavy atom. The highest BCUT2D eigenvalue weighted by atomic mass is 16.5. The van der Waals surface area contributed by atoms with E-state index < -0.39 is 0 Å². The Bertz CT molecular complexity index is 603. The van der Waals surface area contributed by atoms with E-state index in [0.717, 1.165) is 32.8 Å². The average Bonchev–Trinajstić information content (AvgIpc) is 2.60. The lowest BCUT2D eigenvalue weighted by Crippen LogP contribution is -2.44. The summed E-state index contributed by atoms with van der Waals surface area (Å²) < 4.78 is 5.28. The van der Waals surface area contributed by atoms with Gasteiger partial charge in [0.05, 0.1) is 24.8 Å². The summed E-state index contributed by atoms with van der Waals surface area (Å²) in [5.41, 5.74) is 1.11. The highest BCUT2D eigenvalue weighted by Crippen LogP contribution is 2.15. The third-order valence-electron chi connectivity index (χ3n) is 3.84. The Morgan fingerprint density at radius 2 is 1.96 bits per heavy atom. The zero-order valence-corrected chi connectivity index (χ0v) is 13.8. The highest BCUT2D eigenvalue weighted by Gasteiger charge is 2.16. The predicted molar refractivity (Wildman–Crippen MR) is 89.5 cm³/mol. The molecule has 1 aliphatic heterocycles. The number of morpholine rings is 1. The minimum atomic E-state index is -0.219. The van der Waals surface area contributed by atoms with Crippen molar-refractivity contribution in [2.45, 2.75) is 6.92 Å². The molecular formula is C17H22N4O3. The summed E-state index contributed by atoms with van der Waals surface area (Å²) in [6, 6.07) is 8.61. The second-order valence-corrected chi connectivity index (χ2v) is 5.57. The van der Waals surface area contributed by atoms with Crippen molar-refractivity contribution in [3.8, 4) is 6.07 Å². The van der Waals surface area contributed by atoms with Crippen LogP contribution in [0.1, 0.15) is 12.5 Å². The Hall–Kier alpha value is -2.43. The monoisotopic (exact) mass is 330 g/mol. The van der Waals surface area contributed by atoms with Crippen molar-refractivity contribution < 1.29 is 14.3 Å². The largest absolute Gasteiger partial charge is 0.379 e. The van der Waals surface area contributed by atoms with Gasteiger partial charge in [0.15, 0.2) is 0 Å². The molecular weight excluding hydrogens is 308 g/mol. The number of benzene rings is 1. The molecule has 0 unspecified atom stereocenters. The van der Waals surface area contributed by atoms with Crippen LogP contribution in [0.15, 0.2) is 24.3 Å². The van der Waals surface area contributed by atoms with Crippen LogP contribution in [-0.2, 0) is 14.3 Å². The Kier molecular flexibility index (Phi) is 6.73. The fourth-order valence-electron chi connectivity index (χ4n) is 2.48. The molecule has 0 atom stereocenters. The van der Waals surface area contributed by atoms with Crippen LogP contribution in [0.25, 0.3) is 0 Å². The van der Waals surface area contributed by atoms with Gasteiger partial charge in [-0.15, -0.1) is 0 Å². The molecule has 24 heavy (non-hydrogen) atoms. The minimum absolute atomic E-state index is 0.0374. The van der Waals surface area contributed by atoms with E-state index in [-0.39, 0.29) is 18.4 Å². The third-order valence-corrected chi connectivity index (χ3v) is 3.84. The van der Waals surface area contributed by atoms with E-state index in [9.17, 15) is 9.59 Å². The quantitative estimate of drug-likeness (QED) is 0.814. The fourth-order valence-corrected chi connectivity index (χ4v) is 2.48. The van der Waals surface area contributed by atoms with E-state index in [1.165, 1.54) is 11.8 Å². The molecule has 1 aliphatic rings. The summed E-state index contributed by atoms with van der Waals surface area (Å²) >= 11 is 0. The number of carbonyl (C=O) groups is 2. The van der Waals surface area contributed by atoms with Gasteiger partial charge in [0.25, 0.3) is 0 Å². The molecule has 1 aromatic rings. The Labute approximate surface area is 141 Å². The number of anilines is 1. The van der Waals surface area contributed by atoms with Crippen LogP contribution >= 0.6 is 0 Å². The molecule has 2 rings (SSSR count). The third kappa shape index (κ3) is 5.33. The molecule has 2 amide bonds. The molecule has 7 nitrogen and oxygen atoms in total. The van der Waals surface area contributed by atoms with Gasteiger partial charge in [-0.1, -0.05) is 0 Å². The first-order valence-corrected chi connectivity index (χ1v) is 7.95. The molecule has 0 aromatic heterocycles. The maximum absolute atomic E-state index is 12.1. The first-order chi connectivity index (χ1) is 11.6. The van der Waals surface area contributed by atoms with Crippen LogP contribution in [0.5, 0.6) is 0 Å². The molecule has 0 spiro atoms. The number of hydrogen-bond acceptors (Lipinski definition) is 5. The normalized spacial score (nSPS) is 14.7. The number of rotatable bonds is 6. The second kappa shape index (κ2) is 9.01. The molecule has 1 saturated heterocycles. The van der Waals surface area contributed by atoms with Crippen LogP contribution in [-0.4, -0.2) is 62.7 Å². The smallest absolute Gasteiger partial charge is 0.240 e. The standard InChI is InChI=1S/C17H22N4O3/c1-14(22)21(16-4-2-15(12-18)3-5-16)13-17(23)19-6-7-20-8-10-24-11-9-20/h2-5H,6-11,13H2,1H3,(H,19,23). The van der Waals surface area contributed by atoms with Crippen LogP contribution in [0.2, 0.25) is 0 Å². The van der Waals surface area contributed by atoms with Crippen molar-refractivity contribution in [1.82, 2.24) is 10.2 Å². The van der Waals surface area contributed by atoms with Gasteiger partial charge in [-0.05, 0) is 24.3 Å². The molecule has 0 radical (unpaired) electrons. The van der Waals surface area contributed by atoms with Crippen molar-refractivity contribution in [3.63, 3.8) is 0 Å². The number of carbonyl (C=O) groups excluding carboxylic acids is 2. The van der Waals surface area contributed by atoms with Gasteiger partial charge in [0, 0.05) is 38.8 Å². The zero-order chi connectivity index (χ0) is 17.4. The molecule has 1 aromatic carbocycles. The zero-order valence-electron chi connectivity index (χ0n) is 13.8. The summed E-state index contributed by atoms with van der Waals surface area (Å²) in [6.45, 7) is 5.89.